The lowest BCUT2D eigenvalue weighted by atomic mass is 10.2. The van der Waals surface area contributed by atoms with Crippen LogP contribution in [0.5, 0.6) is 0 Å². The number of carbonyl (C=O) groups is 2. The Kier molecular flexibility index (Phi) is 4.94. The Hall–Kier alpha value is -2.34. The maximum Gasteiger partial charge on any atom is 0.336 e. The summed E-state index contributed by atoms with van der Waals surface area (Å²) in [6, 6.07) is 12.0. The van der Waals surface area contributed by atoms with Crippen LogP contribution in [0.1, 0.15) is 10.4 Å². The number of carboxylic acid groups (broad SMARTS) is 1. The van der Waals surface area contributed by atoms with Crippen LogP contribution in [-0.4, -0.2) is 22.7 Å². The fraction of sp³-hybridized carbons (Fsp3) is 0.0667. The summed E-state index contributed by atoms with van der Waals surface area (Å²) in [5.41, 5.74) is 0.521. The summed E-state index contributed by atoms with van der Waals surface area (Å²) in [5, 5.41) is 11.6. The fourth-order valence-corrected chi connectivity index (χ4v) is 2.52. The van der Waals surface area contributed by atoms with Gasteiger partial charge in [-0.3, -0.25) is 4.79 Å². The standard InChI is InChI=1S/C15H12FNO3S/c16-10-4-3-5-11(8-10)17-14(18)9-21-13-7-2-1-6-12(13)15(19)20/h1-8H,9H2,(H,17,18)(H,19,20). The van der Waals surface area contributed by atoms with E-state index in [1.807, 2.05) is 0 Å². The van der Waals surface area contributed by atoms with Gasteiger partial charge in [0.15, 0.2) is 0 Å². The molecule has 0 saturated heterocycles. The fourth-order valence-electron chi connectivity index (χ4n) is 1.68. The number of nitrogens with one attached hydrogen (secondary N) is 1. The number of hydrogen-bond acceptors (Lipinski definition) is 3. The normalized spacial score (nSPS) is 10.1. The van der Waals surface area contributed by atoms with Crippen molar-refractivity contribution in [2.75, 3.05) is 11.1 Å². The van der Waals surface area contributed by atoms with Crippen LogP contribution in [0.4, 0.5) is 10.1 Å². The molecule has 0 aromatic heterocycles. The van der Waals surface area contributed by atoms with Crippen molar-refractivity contribution in [3.05, 3.63) is 59.9 Å². The molecule has 0 bridgehead atoms. The molecule has 0 aliphatic carbocycles. The number of rotatable bonds is 5. The molecular formula is C15H12FNO3S. The van der Waals surface area contributed by atoms with Gasteiger partial charge >= 0.3 is 5.97 Å². The van der Waals surface area contributed by atoms with Crippen molar-refractivity contribution in [3.63, 3.8) is 0 Å². The second kappa shape index (κ2) is 6.90. The first-order valence-corrected chi connectivity index (χ1v) is 7.05. The van der Waals surface area contributed by atoms with Gasteiger partial charge in [0.05, 0.1) is 11.3 Å². The van der Waals surface area contributed by atoms with E-state index in [-0.39, 0.29) is 17.2 Å². The molecule has 0 spiro atoms. The Morgan fingerprint density at radius 1 is 1.14 bits per heavy atom. The predicted molar refractivity (Wildman–Crippen MR) is 79.2 cm³/mol. The van der Waals surface area contributed by atoms with Crippen LogP contribution < -0.4 is 5.32 Å². The van der Waals surface area contributed by atoms with E-state index < -0.39 is 11.8 Å². The predicted octanol–water partition coefficient (Wildman–Crippen LogP) is 3.25. The lowest BCUT2D eigenvalue weighted by molar-refractivity contribution is -0.113. The van der Waals surface area contributed by atoms with Gasteiger partial charge in [0, 0.05) is 10.6 Å². The molecule has 2 aromatic rings. The van der Waals surface area contributed by atoms with Crippen molar-refractivity contribution in [2.24, 2.45) is 0 Å². The number of amides is 1. The van der Waals surface area contributed by atoms with E-state index in [9.17, 15) is 14.0 Å². The van der Waals surface area contributed by atoms with E-state index in [1.165, 1.54) is 24.3 Å². The van der Waals surface area contributed by atoms with Crippen molar-refractivity contribution in [2.45, 2.75) is 4.90 Å². The number of hydrogen-bond donors (Lipinski definition) is 2. The summed E-state index contributed by atoms with van der Waals surface area (Å²) in [6.07, 6.45) is 0. The number of halogens is 1. The molecule has 1 amide bonds. The van der Waals surface area contributed by atoms with Gasteiger partial charge < -0.3 is 10.4 Å². The Labute approximate surface area is 125 Å². The summed E-state index contributed by atoms with van der Waals surface area (Å²) >= 11 is 1.12. The molecule has 4 nitrogen and oxygen atoms in total. The number of carbonyl (C=O) groups excluding carboxylic acids is 1. The van der Waals surface area contributed by atoms with Gasteiger partial charge in [-0.05, 0) is 30.3 Å². The summed E-state index contributed by atoms with van der Waals surface area (Å²) in [4.78, 5) is 23.3. The van der Waals surface area contributed by atoms with Crippen LogP contribution >= 0.6 is 11.8 Å². The van der Waals surface area contributed by atoms with Crippen molar-refractivity contribution < 1.29 is 19.1 Å². The van der Waals surface area contributed by atoms with E-state index in [0.29, 0.717) is 10.6 Å². The number of thioether (sulfide) groups is 1. The van der Waals surface area contributed by atoms with Crippen LogP contribution in [0.25, 0.3) is 0 Å². The summed E-state index contributed by atoms with van der Waals surface area (Å²) < 4.78 is 13.0. The first kappa shape index (κ1) is 15.1. The van der Waals surface area contributed by atoms with Crippen LogP contribution in [0.2, 0.25) is 0 Å². The molecular weight excluding hydrogens is 293 g/mol. The topological polar surface area (TPSA) is 66.4 Å². The van der Waals surface area contributed by atoms with Crippen molar-refractivity contribution >= 4 is 29.3 Å². The zero-order valence-corrected chi connectivity index (χ0v) is 11.7. The molecule has 0 saturated carbocycles. The molecule has 0 heterocycles. The highest BCUT2D eigenvalue weighted by atomic mass is 32.2. The molecule has 0 fully saturated rings. The zero-order valence-electron chi connectivity index (χ0n) is 10.9. The molecule has 108 valence electrons. The first-order valence-electron chi connectivity index (χ1n) is 6.07. The third-order valence-corrected chi connectivity index (χ3v) is 3.66. The summed E-state index contributed by atoms with van der Waals surface area (Å²) in [7, 11) is 0. The number of anilines is 1. The van der Waals surface area contributed by atoms with Crippen molar-refractivity contribution in [1.29, 1.82) is 0 Å². The van der Waals surface area contributed by atoms with Gasteiger partial charge in [0.1, 0.15) is 5.82 Å². The van der Waals surface area contributed by atoms with Gasteiger partial charge in [-0.15, -0.1) is 11.8 Å². The number of carboxylic acids is 1. The Balaban J connectivity index is 1.97. The second-order valence-electron chi connectivity index (χ2n) is 4.15. The van der Waals surface area contributed by atoms with Gasteiger partial charge in [0.2, 0.25) is 5.91 Å². The Bertz CT molecular complexity index is 675. The SMILES string of the molecule is O=C(CSc1ccccc1C(=O)O)Nc1cccc(F)c1. The molecule has 0 aliphatic heterocycles. The third-order valence-electron chi connectivity index (χ3n) is 2.58. The first-order chi connectivity index (χ1) is 10.1. The number of benzene rings is 2. The van der Waals surface area contributed by atoms with E-state index in [4.69, 9.17) is 5.11 Å². The minimum absolute atomic E-state index is 0.0425. The molecule has 0 atom stereocenters. The molecule has 2 rings (SSSR count). The summed E-state index contributed by atoms with van der Waals surface area (Å²) in [5.74, 6) is -1.76. The quantitative estimate of drug-likeness (QED) is 0.832. The van der Waals surface area contributed by atoms with Crippen molar-refractivity contribution in [1.82, 2.24) is 0 Å². The third kappa shape index (κ3) is 4.32. The number of aromatic carboxylic acids is 1. The van der Waals surface area contributed by atoms with Gasteiger partial charge in [-0.1, -0.05) is 18.2 Å². The molecule has 6 heteroatoms. The Morgan fingerprint density at radius 2 is 1.90 bits per heavy atom. The molecule has 0 radical (unpaired) electrons. The highest BCUT2D eigenvalue weighted by Crippen LogP contribution is 2.22. The minimum Gasteiger partial charge on any atom is -0.478 e. The van der Waals surface area contributed by atoms with Gasteiger partial charge in [0.25, 0.3) is 0 Å². The maximum absolute atomic E-state index is 13.0. The maximum atomic E-state index is 13.0. The average molecular weight is 305 g/mol. The molecule has 2 aromatic carbocycles. The Morgan fingerprint density at radius 3 is 2.62 bits per heavy atom. The largest absolute Gasteiger partial charge is 0.478 e. The lowest BCUT2D eigenvalue weighted by Crippen LogP contribution is -2.14. The van der Waals surface area contributed by atoms with Crippen molar-refractivity contribution in [3.8, 4) is 0 Å². The van der Waals surface area contributed by atoms with Crippen LogP contribution in [0.3, 0.4) is 0 Å². The van der Waals surface area contributed by atoms with E-state index in [0.717, 1.165) is 11.8 Å². The monoisotopic (exact) mass is 305 g/mol. The second-order valence-corrected chi connectivity index (χ2v) is 5.17. The molecule has 0 aliphatic rings. The smallest absolute Gasteiger partial charge is 0.336 e. The highest BCUT2D eigenvalue weighted by molar-refractivity contribution is 8.00. The molecule has 0 unspecified atom stereocenters. The van der Waals surface area contributed by atoms with E-state index in [1.54, 1.807) is 24.3 Å². The molecule has 2 N–H and O–H groups in total. The average Bonchev–Trinajstić information content (AvgIpc) is 2.45. The minimum atomic E-state index is -1.04. The van der Waals surface area contributed by atoms with Crippen LogP contribution in [0.15, 0.2) is 53.4 Å². The van der Waals surface area contributed by atoms with Crippen LogP contribution in [0, 0.1) is 5.82 Å². The molecule has 21 heavy (non-hydrogen) atoms. The lowest BCUT2D eigenvalue weighted by Gasteiger charge is -2.07. The van der Waals surface area contributed by atoms with Gasteiger partial charge in [-0.25, -0.2) is 9.18 Å². The van der Waals surface area contributed by atoms with E-state index in [2.05, 4.69) is 5.32 Å². The van der Waals surface area contributed by atoms with Crippen LogP contribution in [-0.2, 0) is 4.79 Å². The van der Waals surface area contributed by atoms with Gasteiger partial charge in [-0.2, -0.15) is 0 Å². The summed E-state index contributed by atoms with van der Waals surface area (Å²) in [6.45, 7) is 0. The van der Waals surface area contributed by atoms with E-state index >= 15 is 0 Å². The highest BCUT2D eigenvalue weighted by Gasteiger charge is 2.11. The zero-order chi connectivity index (χ0) is 15.2.